The minimum atomic E-state index is -0.286. The van der Waals surface area contributed by atoms with Crippen LogP contribution in [0.4, 0.5) is 0 Å². The van der Waals surface area contributed by atoms with Crippen molar-refractivity contribution in [1.82, 2.24) is 0 Å². The number of aromatic hydroxyl groups is 2. The summed E-state index contributed by atoms with van der Waals surface area (Å²) in [6, 6.07) is 11.2. The number of ketones is 2. The molecule has 0 saturated heterocycles. The predicted octanol–water partition coefficient (Wildman–Crippen LogP) is 3.28. The maximum absolute atomic E-state index is 11.9. The maximum atomic E-state index is 11.9. The molecule has 0 spiro atoms. The third-order valence-corrected chi connectivity index (χ3v) is 3.67. The van der Waals surface area contributed by atoms with E-state index in [1.54, 1.807) is 36.4 Å². The molecule has 0 aromatic heterocycles. The van der Waals surface area contributed by atoms with Crippen molar-refractivity contribution in [3.63, 3.8) is 0 Å². The number of hydrogen-bond acceptors (Lipinski definition) is 5. The molecule has 0 aliphatic heterocycles. The van der Waals surface area contributed by atoms with Crippen molar-refractivity contribution in [2.24, 2.45) is 0 Å². The van der Waals surface area contributed by atoms with Crippen molar-refractivity contribution in [2.45, 2.75) is 19.3 Å². The number of carbonyl (C=O) groups excluding carboxylic acids is 2. The first-order valence-electron chi connectivity index (χ1n) is 7.85. The molecule has 0 amide bonds. The van der Waals surface area contributed by atoms with Crippen LogP contribution >= 0.6 is 0 Å². The van der Waals surface area contributed by atoms with E-state index in [4.69, 9.17) is 4.74 Å². The largest absolute Gasteiger partial charge is 0.508 e. The van der Waals surface area contributed by atoms with Gasteiger partial charge in [0.15, 0.2) is 5.78 Å². The molecule has 130 valence electrons. The van der Waals surface area contributed by atoms with E-state index in [0.29, 0.717) is 17.7 Å². The minimum absolute atomic E-state index is 0.0738. The Kier molecular flexibility index (Phi) is 6.34. The Labute approximate surface area is 146 Å². The fraction of sp³-hybridized carbons (Fsp3) is 0.200. The molecule has 0 heterocycles. The number of Topliss-reactive ketones (excluding diaryl/α,β-unsaturated/α-hetero) is 1. The standard InChI is InChI=1S/C20H20O5/c1-25-20-13-19(24)11-6-15(20)5-10-18(23)12-17(22)9-4-14-2-7-16(21)8-3-14/h2-3,5-8,10-11,13,21,24H,4,9,12H2,1H3/b10-5+. The second-order valence-electron chi connectivity index (χ2n) is 5.61. The molecule has 2 rings (SSSR count). The van der Waals surface area contributed by atoms with E-state index in [0.717, 1.165) is 5.56 Å². The maximum Gasteiger partial charge on any atom is 0.163 e. The van der Waals surface area contributed by atoms with Crippen LogP contribution in [0.1, 0.15) is 24.0 Å². The first kappa shape index (κ1) is 18.3. The number of phenolic OH excluding ortho intramolecular Hbond substituents is 2. The summed E-state index contributed by atoms with van der Waals surface area (Å²) in [5.74, 6) is 0.277. The van der Waals surface area contributed by atoms with E-state index < -0.39 is 0 Å². The highest BCUT2D eigenvalue weighted by Gasteiger charge is 2.08. The number of methoxy groups -OCH3 is 1. The average molecular weight is 340 g/mol. The molecule has 0 saturated carbocycles. The lowest BCUT2D eigenvalue weighted by atomic mass is 10.0. The summed E-state index contributed by atoms with van der Waals surface area (Å²) in [6.45, 7) is 0. The Balaban J connectivity index is 1.86. The molecule has 0 unspecified atom stereocenters. The molecular formula is C20H20O5. The van der Waals surface area contributed by atoms with Crippen molar-refractivity contribution in [3.8, 4) is 17.2 Å². The second kappa shape index (κ2) is 8.68. The van der Waals surface area contributed by atoms with E-state index in [1.807, 2.05) is 0 Å². The molecule has 0 aliphatic rings. The average Bonchev–Trinajstić information content (AvgIpc) is 2.60. The summed E-state index contributed by atoms with van der Waals surface area (Å²) < 4.78 is 5.13. The molecule has 0 fully saturated rings. The van der Waals surface area contributed by atoms with Gasteiger partial charge in [0, 0.05) is 18.1 Å². The molecule has 0 atom stereocenters. The van der Waals surface area contributed by atoms with Gasteiger partial charge in [0.1, 0.15) is 23.0 Å². The van der Waals surface area contributed by atoms with Crippen molar-refractivity contribution < 1.29 is 24.5 Å². The third kappa shape index (κ3) is 5.80. The number of benzene rings is 2. The topological polar surface area (TPSA) is 83.8 Å². The van der Waals surface area contributed by atoms with Crippen LogP contribution in [-0.2, 0) is 16.0 Å². The molecule has 2 aromatic carbocycles. The number of aryl methyl sites for hydroxylation is 1. The van der Waals surface area contributed by atoms with Crippen molar-refractivity contribution in [2.75, 3.05) is 7.11 Å². The van der Waals surface area contributed by atoms with E-state index in [9.17, 15) is 19.8 Å². The summed E-state index contributed by atoms with van der Waals surface area (Å²) >= 11 is 0. The molecule has 5 nitrogen and oxygen atoms in total. The smallest absolute Gasteiger partial charge is 0.163 e. The Morgan fingerprint density at radius 1 is 1.04 bits per heavy atom. The molecule has 2 N–H and O–H groups in total. The van der Waals surface area contributed by atoms with Gasteiger partial charge in [-0.15, -0.1) is 0 Å². The zero-order valence-electron chi connectivity index (χ0n) is 13.9. The Hall–Kier alpha value is -3.08. The van der Waals surface area contributed by atoms with Gasteiger partial charge in [-0.1, -0.05) is 12.1 Å². The van der Waals surface area contributed by atoms with Crippen LogP contribution in [0.25, 0.3) is 6.08 Å². The summed E-state index contributed by atoms with van der Waals surface area (Å²) in [5.41, 5.74) is 1.58. The van der Waals surface area contributed by atoms with Gasteiger partial charge in [0.25, 0.3) is 0 Å². The SMILES string of the molecule is COc1cc(O)ccc1/C=C/C(=O)CC(=O)CCc1ccc(O)cc1. The van der Waals surface area contributed by atoms with Crippen LogP contribution in [0.2, 0.25) is 0 Å². The Morgan fingerprint density at radius 2 is 1.72 bits per heavy atom. The van der Waals surface area contributed by atoms with E-state index in [2.05, 4.69) is 0 Å². The normalized spacial score (nSPS) is 10.8. The van der Waals surface area contributed by atoms with Gasteiger partial charge in [0.05, 0.1) is 13.5 Å². The number of allylic oxidation sites excluding steroid dienone is 1. The number of carbonyl (C=O) groups is 2. The van der Waals surface area contributed by atoms with Crippen LogP contribution in [0.15, 0.2) is 48.5 Å². The summed E-state index contributed by atoms with van der Waals surface area (Å²) in [7, 11) is 1.47. The Morgan fingerprint density at radius 3 is 2.40 bits per heavy atom. The number of phenols is 2. The molecule has 0 radical (unpaired) electrons. The quantitative estimate of drug-likeness (QED) is 0.569. The highest BCUT2D eigenvalue weighted by Crippen LogP contribution is 2.24. The van der Waals surface area contributed by atoms with Crippen molar-refractivity contribution in [3.05, 3.63) is 59.7 Å². The third-order valence-electron chi connectivity index (χ3n) is 3.67. The van der Waals surface area contributed by atoms with Crippen LogP contribution in [0, 0.1) is 0 Å². The molecule has 5 heteroatoms. The van der Waals surface area contributed by atoms with E-state index >= 15 is 0 Å². The highest BCUT2D eigenvalue weighted by atomic mass is 16.5. The van der Waals surface area contributed by atoms with Crippen LogP contribution < -0.4 is 4.74 Å². The van der Waals surface area contributed by atoms with Gasteiger partial charge in [-0.05, 0) is 48.4 Å². The van der Waals surface area contributed by atoms with Gasteiger partial charge in [-0.25, -0.2) is 0 Å². The van der Waals surface area contributed by atoms with Gasteiger partial charge < -0.3 is 14.9 Å². The number of rotatable bonds is 8. The van der Waals surface area contributed by atoms with Gasteiger partial charge in [-0.2, -0.15) is 0 Å². The van der Waals surface area contributed by atoms with Crippen LogP contribution in [0.5, 0.6) is 17.2 Å². The summed E-state index contributed by atoms with van der Waals surface area (Å²) in [5, 5.41) is 18.6. The minimum Gasteiger partial charge on any atom is -0.508 e. The molecule has 0 bridgehead atoms. The zero-order valence-corrected chi connectivity index (χ0v) is 13.9. The highest BCUT2D eigenvalue weighted by molar-refractivity contribution is 6.06. The lowest BCUT2D eigenvalue weighted by Gasteiger charge is -2.04. The molecular weight excluding hydrogens is 320 g/mol. The first-order chi connectivity index (χ1) is 12.0. The van der Waals surface area contributed by atoms with Gasteiger partial charge in [0.2, 0.25) is 0 Å². The molecule has 25 heavy (non-hydrogen) atoms. The van der Waals surface area contributed by atoms with Crippen molar-refractivity contribution in [1.29, 1.82) is 0 Å². The second-order valence-corrected chi connectivity index (χ2v) is 5.61. The summed E-state index contributed by atoms with van der Waals surface area (Å²) in [6.07, 6.45) is 3.55. The van der Waals surface area contributed by atoms with Crippen molar-refractivity contribution >= 4 is 17.6 Å². The van der Waals surface area contributed by atoms with E-state index in [-0.39, 0.29) is 35.9 Å². The number of ether oxygens (including phenoxy) is 1. The van der Waals surface area contributed by atoms with Gasteiger partial charge in [-0.3, -0.25) is 9.59 Å². The van der Waals surface area contributed by atoms with Crippen LogP contribution in [0.3, 0.4) is 0 Å². The van der Waals surface area contributed by atoms with Gasteiger partial charge >= 0.3 is 0 Å². The lowest BCUT2D eigenvalue weighted by Crippen LogP contribution is -2.06. The van der Waals surface area contributed by atoms with E-state index in [1.165, 1.54) is 25.3 Å². The predicted molar refractivity (Wildman–Crippen MR) is 94.8 cm³/mol. The fourth-order valence-electron chi connectivity index (χ4n) is 2.31. The fourth-order valence-corrected chi connectivity index (χ4v) is 2.31. The first-order valence-corrected chi connectivity index (χ1v) is 7.85. The monoisotopic (exact) mass is 340 g/mol. The lowest BCUT2D eigenvalue weighted by molar-refractivity contribution is -0.124. The summed E-state index contributed by atoms with van der Waals surface area (Å²) in [4.78, 5) is 23.8. The molecule has 0 aliphatic carbocycles. The number of hydrogen-bond donors (Lipinski definition) is 2. The van der Waals surface area contributed by atoms with Crippen LogP contribution in [-0.4, -0.2) is 28.9 Å². The Bertz CT molecular complexity index is 775. The zero-order chi connectivity index (χ0) is 18.2. The molecule has 2 aromatic rings.